The topological polar surface area (TPSA) is 38.3 Å². The van der Waals surface area contributed by atoms with Crippen LogP contribution >= 0.6 is 15.9 Å². The predicted molar refractivity (Wildman–Crippen MR) is 70.0 cm³/mol. The Morgan fingerprint density at radius 3 is 2.76 bits per heavy atom. The third-order valence-corrected chi connectivity index (χ3v) is 3.52. The van der Waals surface area contributed by atoms with Gasteiger partial charge in [0.2, 0.25) is 0 Å². The summed E-state index contributed by atoms with van der Waals surface area (Å²) in [5.74, 6) is -0.0412. The van der Waals surface area contributed by atoms with E-state index in [-0.39, 0.29) is 18.1 Å². The van der Waals surface area contributed by atoms with Gasteiger partial charge in [-0.05, 0) is 44.0 Å². The van der Waals surface area contributed by atoms with Gasteiger partial charge in [-0.3, -0.25) is 4.79 Å². The highest BCUT2D eigenvalue weighted by Gasteiger charge is 2.23. The molecule has 3 nitrogen and oxygen atoms in total. The average Bonchev–Trinajstić information content (AvgIpc) is 2.83. The van der Waals surface area contributed by atoms with Gasteiger partial charge in [-0.15, -0.1) is 0 Å². The first-order chi connectivity index (χ1) is 8.16. The van der Waals surface area contributed by atoms with Gasteiger partial charge in [0.1, 0.15) is 0 Å². The molecule has 2 atom stereocenters. The van der Waals surface area contributed by atoms with Gasteiger partial charge in [-0.2, -0.15) is 0 Å². The quantitative estimate of drug-likeness (QED) is 0.932. The summed E-state index contributed by atoms with van der Waals surface area (Å²) in [4.78, 5) is 11.9. The maximum absolute atomic E-state index is 11.9. The number of nitrogens with one attached hydrogen (secondary N) is 1. The predicted octanol–water partition coefficient (Wildman–Crippen LogP) is 2.75. The van der Waals surface area contributed by atoms with E-state index in [1.165, 1.54) is 0 Å². The molecule has 1 aromatic rings. The summed E-state index contributed by atoms with van der Waals surface area (Å²) < 4.78 is 6.52. The fourth-order valence-corrected chi connectivity index (χ4v) is 2.25. The minimum atomic E-state index is -0.0412. The van der Waals surface area contributed by atoms with Crippen molar-refractivity contribution in [3.8, 4) is 0 Å². The second-order valence-electron chi connectivity index (χ2n) is 4.32. The van der Waals surface area contributed by atoms with Crippen molar-refractivity contribution in [1.82, 2.24) is 5.32 Å². The molecule has 0 saturated carbocycles. The van der Waals surface area contributed by atoms with Gasteiger partial charge in [-0.1, -0.05) is 15.9 Å². The summed E-state index contributed by atoms with van der Waals surface area (Å²) in [7, 11) is 0. The van der Waals surface area contributed by atoms with Crippen LogP contribution in [0.15, 0.2) is 28.7 Å². The van der Waals surface area contributed by atoms with Crippen LogP contribution in [0.3, 0.4) is 0 Å². The molecule has 0 unspecified atom stereocenters. The van der Waals surface area contributed by atoms with Gasteiger partial charge >= 0.3 is 0 Å². The lowest BCUT2D eigenvalue weighted by Crippen LogP contribution is -2.40. The van der Waals surface area contributed by atoms with Gasteiger partial charge in [0, 0.05) is 16.6 Å². The Labute approximate surface area is 110 Å². The third-order valence-electron chi connectivity index (χ3n) is 2.99. The lowest BCUT2D eigenvalue weighted by Gasteiger charge is -2.19. The van der Waals surface area contributed by atoms with Gasteiger partial charge in [0.15, 0.2) is 0 Å². The molecule has 1 heterocycles. The van der Waals surface area contributed by atoms with Crippen molar-refractivity contribution in [2.24, 2.45) is 0 Å². The van der Waals surface area contributed by atoms with Crippen LogP contribution in [0.2, 0.25) is 0 Å². The number of carbonyl (C=O) groups is 1. The summed E-state index contributed by atoms with van der Waals surface area (Å²) >= 11 is 3.35. The molecule has 1 N–H and O–H groups in total. The van der Waals surface area contributed by atoms with E-state index in [1.54, 1.807) is 0 Å². The fourth-order valence-electron chi connectivity index (χ4n) is 1.98. The summed E-state index contributed by atoms with van der Waals surface area (Å²) in [6, 6.07) is 7.41. The highest BCUT2D eigenvalue weighted by Crippen LogP contribution is 2.16. The molecule has 4 heteroatoms. The van der Waals surface area contributed by atoms with Crippen LogP contribution in [0.5, 0.6) is 0 Å². The Kier molecular flexibility index (Phi) is 4.18. The molecule has 0 spiro atoms. The van der Waals surface area contributed by atoms with E-state index >= 15 is 0 Å². The minimum absolute atomic E-state index is 0.0412. The number of halogens is 1. The van der Waals surface area contributed by atoms with Crippen molar-refractivity contribution >= 4 is 21.8 Å². The Morgan fingerprint density at radius 2 is 2.18 bits per heavy atom. The molecule has 1 saturated heterocycles. The van der Waals surface area contributed by atoms with Crippen LogP contribution in [0.1, 0.15) is 30.1 Å². The zero-order chi connectivity index (χ0) is 12.3. The zero-order valence-corrected chi connectivity index (χ0v) is 11.4. The Balaban J connectivity index is 1.94. The van der Waals surface area contributed by atoms with E-state index in [2.05, 4.69) is 21.2 Å². The number of amides is 1. The molecule has 1 aliphatic heterocycles. The van der Waals surface area contributed by atoms with Gasteiger partial charge in [0.05, 0.1) is 12.1 Å². The molecular formula is C13H16BrNO2. The van der Waals surface area contributed by atoms with Crippen molar-refractivity contribution in [3.63, 3.8) is 0 Å². The number of carbonyl (C=O) groups excluding carboxylic acids is 1. The van der Waals surface area contributed by atoms with Crippen LogP contribution < -0.4 is 5.32 Å². The molecule has 0 aliphatic carbocycles. The Hall–Kier alpha value is -0.870. The number of hydrogen-bond acceptors (Lipinski definition) is 2. The largest absolute Gasteiger partial charge is 0.376 e. The second-order valence-corrected chi connectivity index (χ2v) is 5.24. The van der Waals surface area contributed by atoms with Crippen LogP contribution in [0.25, 0.3) is 0 Å². The smallest absolute Gasteiger partial charge is 0.251 e. The summed E-state index contributed by atoms with van der Waals surface area (Å²) in [5.41, 5.74) is 0.679. The molecule has 1 amide bonds. The number of rotatable bonds is 3. The molecule has 1 aromatic carbocycles. The molecule has 0 radical (unpaired) electrons. The number of ether oxygens (including phenoxy) is 1. The maximum atomic E-state index is 11.9. The van der Waals surface area contributed by atoms with E-state index in [0.717, 1.165) is 23.9 Å². The van der Waals surface area contributed by atoms with Crippen molar-refractivity contribution < 1.29 is 9.53 Å². The highest BCUT2D eigenvalue weighted by molar-refractivity contribution is 9.10. The average molecular weight is 298 g/mol. The molecule has 1 aliphatic rings. The lowest BCUT2D eigenvalue weighted by atomic mass is 10.1. The number of benzene rings is 1. The number of hydrogen-bond donors (Lipinski definition) is 1. The summed E-state index contributed by atoms with van der Waals surface area (Å²) in [6.45, 7) is 2.80. The molecule has 1 fully saturated rings. The highest BCUT2D eigenvalue weighted by atomic mass is 79.9. The van der Waals surface area contributed by atoms with Crippen molar-refractivity contribution in [2.75, 3.05) is 6.61 Å². The first kappa shape index (κ1) is 12.6. The first-order valence-electron chi connectivity index (χ1n) is 5.85. The molecule has 0 bridgehead atoms. The monoisotopic (exact) mass is 297 g/mol. The Bertz CT molecular complexity index is 385. The van der Waals surface area contributed by atoms with E-state index in [9.17, 15) is 4.79 Å². The van der Waals surface area contributed by atoms with Crippen LogP contribution in [0.4, 0.5) is 0 Å². The zero-order valence-electron chi connectivity index (χ0n) is 9.78. The van der Waals surface area contributed by atoms with E-state index in [4.69, 9.17) is 4.74 Å². The van der Waals surface area contributed by atoms with Gasteiger partial charge in [-0.25, -0.2) is 0 Å². The molecular weight excluding hydrogens is 282 g/mol. The van der Waals surface area contributed by atoms with E-state index in [0.29, 0.717) is 5.56 Å². The molecule has 92 valence electrons. The Morgan fingerprint density at radius 1 is 1.47 bits per heavy atom. The molecule has 2 rings (SSSR count). The minimum Gasteiger partial charge on any atom is -0.376 e. The van der Waals surface area contributed by atoms with Gasteiger partial charge in [0.25, 0.3) is 5.91 Å². The first-order valence-corrected chi connectivity index (χ1v) is 6.64. The SMILES string of the molecule is C[C@@H](NC(=O)c1ccc(Br)cc1)[C@@H]1CCCO1. The van der Waals surface area contributed by atoms with Crippen LogP contribution in [-0.4, -0.2) is 24.7 Å². The lowest BCUT2D eigenvalue weighted by molar-refractivity contribution is 0.0712. The fraction of sp³-hybridized carbons (Fsp3) is 0.462. The standard InChI is InChI=1S/C13H16BrNO2/c1-9(12-3-2-8-17-12)15-13(16)10-4-6-11(14)7-5-10/h4-7,9,12H,2-3,8H2,1H3,(H,15,16)/t9-,12+/m1/s1. The van der Waals surface area contributed by atoms with Crippen molar-refractivity contribution in [3.05, 3.63) is 34.3 Å². The maximum Gasteiger partial charge on any atom is 0.251 e. The van der Waals surface area contributed by atoms with E-state index in [1.807, 2.05) is 31.2 Å². The van der Waals surface area contributed by atoms with Crippen molar-refractivity contribution in [2.45, 2.75) is 31.9 Å². The van der Waals surface area contributed by atoms with E-state index < -0.39 is 0 Å². The molecule has 0 aromatic heterocycles. The summed E-state index contributed by atoms with van der Waals surface area (Å²) in [5, 5.41) is 2.98. The third kappa shape index (κ3) is 3.30. The van der Waals surface area contributed by atoms with Crippen molar-refractivity contribution in [1.29, 1.82) is 0 Å². The normalized spacial score (nSPS) is 21.2. The molecule has 17 heavy (non-hydrogen) atoms. The van der Waals surface area contributed by atoms with Gasteiger partial charge < -0.3 is 10.1 Å². The van der Waals surface area contributed by atoms with Crippen LogP contribution in [0, 0.1) is 0 Å². The second kappa shape index (κ2) is 5.65. The van der Waals surface area contributed by atoms with Crippen LogP contribution in [-0.2, 0) is 4.74 Å². The summed E-state index contributed by atoms with van der Waals surface area (Å²) in [6.07, 6.45) is 2.28.